The first-order valence-electron chi connectivity index (χ1n) is 9.93. The fourth-order valence-corrected chi connectivity index (χ4v) is 4.11. The molecule has 0 saturated carbocycles. The summed E-state index contributed by atoms with van der Waals surface area (Å²) in [6, 6.07) is 12.0. The Hall–Kier alpha value is -2.04. The van der Waals surface area contributed by atoms with Gasteiger partial charge in [0.05, 0.1) is 34.7 Å². The number of morpholine rings is 1. The second-order valence-electron chi connectivity index (χ2n) is 7.47. The molecule has 1 aliphatic heterocycles. The van der Waals surface area contributed by atoms with Crippen molar-refractivity contribution in [3.05, 3.63) is 58.1 Å². The zero-order valence-corrected chi connectivity index (χ0v) is 19.8. The minimum atomic E-state index is -3.39. The van der Waals surface area contributed by atoms with Crippen molar-refractivity contribution in [3.63, 3.8) is 0 Å². The summed E-state index contributed by atoms with van der Waals surface area (Å²) < 4.78 is 36.2. The lowest BCUT2D eigenvalue weighted by atomic mass is 10.2. The number of halogens is 2. The minimum Gasteiger partial charge on any atom is -0.484 e. The fourth-order valence-electron chi connectivity index (χ4n) is 3.23. The molecule has 3 rings (SSSR count). The Bertz CT molecular complexity index is 1050. The molecule has 8 nitrogen and oxygen atoms in total. The molecule has 0 radical (unpaired) electrons. The van der Waals surface area contributed by atoms with E-state index in [-0.39, 0.29) is 18.6 Å². The summed E-state index contributed by atoms with van der Waals surface area (Å²) in [6.45, 7) is 2.90. The van der Waals surface area contributed by atoms with Crippen LogP contribution in [0.4, 0.5) is 5.69 Å². The second kappa shape index (κ2) is 11.2. The van der Waals surface area contributed by atoms with E-state index in [1.165, 1.54) is 6.07 Å². The Morgan fingerprint density at radius 2 is 2.03 bits per heavy atom. The number of rotatable bonds is 9. The van der Waals surface area contributed by atoms with Crippen LogP contribution in [0.2, 0.25) is 10.0 Å². The van der Waals surface area contributed by atoms with Crippen LogP contribution in [-0.2, 0) is 26.1 Å². The summed E-state index contributed by atoms with van der Waals surface area (Å²) in [5, 5.41) is 3.86. The maximum Gasteiger partial charge on any atom is 0.258 e. The Morgan fingerprint density at radius 3 is 2.78 bits per heavy atom. The van der Waals surface area contributed by atoms with Crippen LogP contribution in [0.15, 0.2) is 42.5 Å². The maximum atomic E-state index is 12.2. The smallest absolute Gasteiger partial charge is 0.258 e. The third kappa shape index (κ3) is 8.14. The first kappa shape index (κ1) is 24.6. The first-order chi connectivity index (χ1) is 15.2. The summed E-state index contributed by atoms with van der Waals surface area (Å²) in [5.74, 6) is 0.0900. The van der Waals surface area contributed by atoms with Crippen LogP contribution in [0, 0.1) is 0 Å². The van der Waals surface area contributed by atoms with Crippen LogP contribution in [0.3, 0.4) is 0 Å². The van der Waals surface area contributed by atoms with Crippen LogP contribution in [0.1, 0.15) is 5.56 Å². The van der Waals surface area contributed by atoms with E-state index >= 15 is 0 Å². The molecule has 0 unspecified atom stereocenters. The number of sulfonamides is 1. The molecule has 1 saturated heterocycles. The van der Waals surface area contributed by atoms with Crippen LogP contribution < -0.4 is 14.8 Å². The highest BCUT2D eigenvalue weighted by atomic mass is 35.5. The summed E-state index contributed by atoms with van der Waals surface area (Å²) in [7, 11) is -3.39. The molecule has 1 heterocycles. The van der Waals surface area contributed by atoms with Crippen molar-refractivity contribution in [1.29, 1.82) is 0 Å². The standard InChI is InChI=1S/C21H25Cl2N3O5S/c1-32(28,29)25-16-3-2-4-17(10-16)31-14-21(27)24-11-18-13-26(7-8-30-18)12-15-5-6-19(22)20(23)9-15/h2-6,9-10,18,25H,7-8,11-14H2,1H3,(H,24,27)/t18-/m0/s1. The molecule has 1 fully saturated rings. The highest BCUT2D eigenvalue weighted by molar-refractivity contribution is 7.92. The van der Waals surface area contributed by atoms with Gasteiger partial charge in [0.15, 0.2) is 6.61 Å². The predicted octanol–water partition coefficient (Wildman–Crippen LogP) is 2.76. The van der Waals surface area contributed by atoms with Crippen LogP contribution in [0.25, 0.3) is 0 Å². The molecule has 0 aliphatic carbocycles. The molecule has 1 amide bonds. The van der Waals surface area contributed by atoms with E-state index in [4.69, 9.17) is 32.7 Å². The van der Waals surface area contributed by atoms with Crippen LogP contribution >= 0.6 is 23.2 Å². The van der Waals surface area contributed by atoms with E-state index in [9.17, 15) is 13.2 Å². The van der Waals surface area contributed by atoms with Crippen molar-refractivity contribution in [2.75, 3.05) is 43.8 Å². The summed E-state index contributed by atoms with van der Waals surface area (Å²) in [6.07, 6.45) is 0.922. The van der Waals surface area contributed by atoms with Gasteiger partial charge in [-0.1, -0.05) is 35.3 Å². The first-order valence-corrected chi connectivity index (χ1v) is 12.6. The molecule has 2 aromatic rings. The zero-order chi connectivity index (χ0) is 23.1. The third-order valence-corrected chi connectivity index (χ3v) is 5.99. The number of carbonyl (C=O) groups is 1. The average Bonchev–Trinajstić information content (AvgIpc) is 2.73. The average molecular weight is 502 g/mol. The normalized spacial score (nSPS) is 17.0. The van der Waals surface area contributed by atoms with Gasteiger partial charge in [0.25, 0.3) is 5.91 Å². The number of amides is 1. The predicted molar refractivity (Wildman–Crippen MR) is 125 cm³/mol. The van der Waals surface area contributed by atoms with Gasteiger partial charge < -0.3 is 14.8 Å². The Morgan fingerprint density at radius 1 is 1.22 bits per heavy atom. The number of benzene rings is 2. The minimum absolute atomic E-state index is 0.141. The Balaban J connectivity index is 1.42. The van der Waals surface area contributed by atoms with E-state index in [1.807, 2.05) is 12.1 Å². The van der Waals surface area contributed by atoms with Gasteiger partial charge in [-0.05, 0) is 29.8 Å². The van der Waals surface area contributed by atoms with Crippen molar-refractivity contribution < 1.29 is 22.7 Å². The Kier molecular flexibility index (Phi) is 8.61. The van der Waals surface area contributed by atoms with Gasteiger partial charge in [-0.3, -0.25) is 14.4 Å². The highest BCUT2D eigenvalue weighted by Gasteiger charge is 2.21. The topological polar surface area (TPSA) is 97.0 Å². The highest BCUT2D eigenvalue weighted by Crippen LogP contribution is 2.23. The Labute approximate surface area is 197 Å². The van der Waals surface area contributed by atoms with Gasteiger partial charge >= 0.3 is 0 Å². The molecule has 0 spiro atoms. The molecule has 11 heteroatoms. The lowest BCUT2D eigenvalue weighted by Gasteiger charge is -2.33. The zero-order valence-electron chi connectivity index (χ0n) is 17.5. The van der Waals surface area contributed by atoms with E-state index in [2.05, 4.69) is 14.9 Å². The number of hydrogen-bond donors (Lipinski definition) is 2. The van der Waals surface area contributed by atoms with Gasteiger partial charge in [-0.25, -0.2) is 8.42 Å². The number of anilines is 1. The molecular formula is C21H25Cl2N3O5S. The van der Waals surface area contributed by atoms with Crippen molar-refractivity contribution in [3.8, 4) is 5.75 Å². The molecule has 0 bridgehead atoms. The van der Waals surface area contributed by atoms with E-state index in [1.54, 1.807) is 24.3 Å². The van der Waals surface area contributed by atoms with Gasteiger partial charge in [-0.2, -0.15) is 0 Å². The SMILES string of the molecule is CS(=O)(=O)Nc1cccc(OCC(=O)NC[C@H]2CN(Cc3ccc(Cl)c(Cl)c3)CCO2)c1. The summed E-state index contributed by atoms with van der Waals surface area (Å²) in [5.41, 5.74) is 1.42. The van der Waals surface area contributed by atoms with E-state index in [0.717, 1.165) is 18.4 Å². The maximum absolute atomic E-state index is 12.2. The lowest BCUT2D eigenvalue weighted by Crippen LogP contribution is -2.47. The van der Waals surface area contributed by atoms with Gasteiger partial charge in [0, 0.05) is 32.2 Å². The molecule has 2 N–H and O–H groups in total. The molecule has 2 aromatic carbocycles. The van der Waals surface area contributed by atoms with E-state index < -0.39 is 10.0 Å². The molecule has 0 aromatic heterocycles. The van der Waals surface area contributed by atoms with Crippen molar-refractivity contribution in [1.82, 2.24) is 10.2 Å². The monoisotopic (exact) mass is 501 g/mol. The fraction of sp³-hybridized carbons (Fsp3) is 0.381. The van der Waals surface area contributed by atoms with Gasteiger partial charge in [-0.15, -0.1) is 0 Å². The van der Waals surface area contributed by atoms with Gasteiger partial charge in [0.2, 0.25) is 10.0 Å². The quantitative estimate of drug-likeness (QED) is 0.548. The van der Waals surface area contributed by atoms with Gasteiger partial charge in [0.1, 0.15) is 5.75 Å². The molecule has 174 valence electrons. The van der Waals surface area contributed by atoms with Crippen molar-refractivity contribution in [2.24, 2.45) is 0 Å². The molecule has 32 heavy (non-hydrogen) atoms. The molecule has 1 aliphatic rings. The number of nitrogens with one attached hydrogen (secondary N) is 2. The van der Waals surface area contributed by atoms with Crippen molar-refractivity contribution >= 4 is 44.8 Å². The summed E-state index contributed by atoms with van der Waals surface area (Å²) in [4.78, 5) is 14.4. The lowest BCUT2D eigenvalue weighted by molar-refractivity contribution is -0.124. The third-order valence-electron chi connectivity index (χ3n) is 4.65. The van der Waals surface area contributed by atoms with Crippen LogP contribution in [-0.4, -0.2) is 64.4 Å². The van der Waals surface area contributed by atoms with Crippen molar-refractivity contribution in [2.45, 2.75) is 12.6 Å². The van der Waals surface area contributed by atoms with E-state index in [0.29, 0.717) is 47.7 Å². The number of carbonyl (C=O) groups excluding carboxylic acids is 1. The van der Waals surface area contributed by atoms with Crippen LogP contribution in [0.5, 0.6) is 5.75 Å². The molecule has 1 atom stereocenters. The summed E-state index contributed by atoms with van der Waals surface area (Å²) >= 11 is 12.1. The number of nitrogens with zero attached hydrogens (tertiary/aromatic N) is 1. The number of hydrogen-bond acceptors (Lipinski definition) is 6. The number of ether oxygens (including phenoxy) is 2. The largest absolute Gasteiger partial charge is 0.484 e. The second-order valence-corrected chi connectivity index (χ2v) is 10.0. The molecular weight excluding hydrogens is 477 g/mol.